The van der Waals surface area contributed by atoms with Crippen molar-refractivity contribution in [3.05, 3.63) is 11.6 Å². The lowest BCUT2D eigenvalue weighted by atomic mass is 10.2. The number of ether oxygens (including phenoxy) is 1. The van der Waals surface area contributed by atoms with Crippen LogP contribution in [0.3, 0.4) is 0 Å². The van der Waals surface area contributed by atoms with E-state index in [2.05, 4.69) is 6.08 Å². The standard InChI is InChI=1S/C7H13NO/c1-9-5-6-2-3-7(8)4-6/h4,7H,2-3,5,8H2,1H3. The summed E-state index contributed by atoms with van der Waals surface area (Å²) in [6, 6.07) is 0.287. The second-order valence-corrected chi connectivity index (χ2v) is 2.46. The Morgan fingerprint density at radius 2 is 2.67 bits per heavy atom. The highest BCUT2D eigenvalue weighted by Gasteiger charge is 2.10. The van der Waals surface area contributed by atoms with Gasteiger partial charge in [-0.25, -0.2) is 0 Å². The fourth-order valence-electron chi connectivity index (χ4n) is 1.13. The van der Waals surface area contributed by atoms with Crippen molar-refractivity contribution in [1.82, 2.24) is 0 Å². The van der Waals surface area contributed by atoms with E-state index in [9.17, 15) is 0 Å². The molecule has 0 aromatic rings. The molecule has 2 N–H and O–H groups in total. The van der Waals surface area contributed by atoms with Gasteiger partial charge in [0.2, 0.25) is 0 Å². The van der Waals surface area contributed by atoms with Crippen molar-refractivity contribution in [2.24, 2.45) is 5.73 Å². The lowest BCUT2D eigenvalue weighted by Crippen LogP contribution is -2.11. The molecule has 0 saturated carbocycles. The highest BCUT2D eigenvalue weighted by atomic mass is 16.5. The molecule has 0 bridgehead atoms. The van der Waals surface area contributed by atoms with Gasteiger partial charge in [-0.15, -0.1) is 0 Å². The average Bonchev–Trinajstić information content (AvgIpc) is 2.17. The predicted octanol–water partition coefficient (Wildman–Crippen LogP) is 0.680. The Bertz CT molecular complexity index is 120. The van der Waals surface area contributed by atoms with E-state index in [1.165, 1.54) is 5.57 Å². The smallest absolute Gasteiger partial charge is 0.0673 e. The molecule has 0 fully saturated rings. The first-order chi connectivity index (χ1) is 4.33. The number of hydrogen-bond acceptors (Lipinski definition) is 2. The minimum absolute atomic E-state index is 0.287. The average molecular weight is 127 g/mol. The van der Waals surface area contributed by atoms with E-state index in [4.69, 9.17) is 10.5 Å². The van der Waals surface area contributed by atoms with Crippen LogP contribution in [-0.2, 0) is 4.74 Å². The summed E-state index contributed by atoms with van der Waals surface area (Å²) in [4.78, 5) is 0. The van der Waals surface area contributed by atoms with Crippen molar-refractivity contribution in [3.63, 3.8) is 0 Å². The van der Waals surface area contributed by atoms with Crippen LogP contribution in [0, 0.1) is 0 Å². The lowest BCUT2D eigenvalue weighted by Gasteiger charge is -1.95. The summed E-state index contributed by atoms with van der Waals surface area (Å²) in [7, 11) is 1.71. The Labute approximate surface area is 55.7 Å². The SMILES string of the molecule is COCC1=CC(N)CC1. The Morgan fingerprint density at radius 3 is 3.11 bits per heavy atom. The molecule has 1 rings (SSSR count). The summed E-state index contributed by atoms with van der Waals surface area (Å²) >= 11 is 0. The van der Waals surface area contributed by atoms with Gasteiger partial charge in [-0.1, -0.05) is 6.08 Å². The normalized spacial score (nSPS) is 26.4. The summed E-state index contributed by atoms with van der Waals surface area (Å²) in [6.45, 7) is 0.758. The van der Waals surface area contributed by atoms with Gasteiger partial charge in [-0.3, -0.25) is 0 Å². The Morgan fingerprint density at radius 1 is 1.89 bits per heavy atom. The zero-order valence-corrected chi connectivity index (χ0v) is 5.76. The number of methoxy groups -OCH3 is 1. The highest BCUT2D eigenvalue weighted by molar-refractivity contribution is 5.13. The second kappa shape index (κ2) is 2.99. The van der Waals surface area contributed by atoms with Crippen LogP contribution >= 0.6 is 0 Å². The van der Waals surface area contributed by atoms with Crippen molar-refractivity contribution >= 4 is 0 Å². The molecule has 1 unspecified atom stereocenters. The van der Waals surface area contributed by atoms with Gasteiger partial charge in [-0.2, -0.15) is 0 Å². The predicted molar refractivity (Wildman–Crippen MR) is 37.2 cm³/mol. The minimum atomic E-state index is 0.287. The van der Waals surface area contributed by atoms with Gasteiger partial charge in [0.1, 0.15) is 0 Å². The molecule has 0 radical (unpaired) electrons. The van der Waals surface area contributed by atoms with E-state index in [0.717, 1.165) is 19.4 Å². The van der Waals surface area contributed by atoms with Crippen molar-refractivity contribution in [2.45, 2.75) is 18.9 Å². The lowest BCUT2D eigenvalue weighted by molar-refractivity contribution is 0.224. The summed E-state index contributed by atoms with van der Waals surface area (Å²) < 4.78 is 4.95. The molecular formula is C7H13NO. The van der Waals surface area contributed by atoms with E-state index >= 15 is 0 Å². The van der Waals surface area contributed by atoms with Crippen LogP contribution in [0.2, 0.25) is 0 Å². The first kappa shape index (κ1) is 6.78. The molecule has 0 heterocycles. The molecule has 0 aromatic heterocycles. The van der Waals surface area contributed by atoms with Crippen LogP contribution in [0.5, 0.6) is 0 Å². The number of hydrogen-bond donors (Lipinski definition) is 1. The summed E-state index contributed by atoms with van der Waals surface area (Å²) in [5, 5.41) is 0. The largest absolute Gasteiger partial charge is 0.380 e. The Kier molecular flexibility index (Phi) is 2.25. The summed E-state index contributed by atoms with van der Waals surface area (Å²) in [6.07, 6.45) is 4.32. The molecule has 0 aromatic carbocycles. The third-order valence-corrected chi connectivity index (χ3v) is 1.58. The van der Waals surface area contributed by atoms with E-state index in [1.807, 2.05) is 0 Å². The maximum absolute atomic E-state index is 5.62. The Balaban J connectivity index is 2.33. The summed E-state index contributed by atoms with van der Waals surface area (Å²) in [5.41, 5.74) is 6.98. The molecular weight excluding hydrogens is 114 g/mol. The van der Waals surface area contributed by atoms with Crippen molar-refractivity contribution < 1.29 is 4.74 Å². The molecule has 1 atom stereocenters. The van der Waals surface area contributed by atoms with Gasteiger partial charge in [0.15, 0.2) is 0 Å². The van der Waals surface area contributed by atoms with Gasteiger partial charge >= 0.3 is 0 Å². The van der Waals surface area contributed by atoms with Crippen LogP contribution in [-0.4, -0.2) is 19.8 Å². The van der Waals surface area contributed by atoms with E-state index in [1.54, 1.807) is 7.11 Å². The van der Waals surface area contributed by atoms with Crippen LogP contribution in [0.4, 0.5) is 0 Å². The van der Waals surface area contributed by atoms with Crippen LogP contribution in [0.25, 0.3) is 0 Å². The maximum Gasteiger partial charge on any atom is 0.0673 e. The highest BCUT2D eigenvalue weighted by Crippen LogP contribution is 2.16. The molecule has 0 spiro atoms. The van der Waals surface area contributed by atoms with Gasteiger partial charge in [-0.05, 0) is 18.4 Å². The molecule has 0 aliphatic heterocycles. The van der Waals surface area contributed by atoms with Crippen molar-refractivity contribution in [2.75, 3.05) is 13.7 Å². The number of rotatable bonds is 2. The van der Waals surface area contributed by atoms with Crippen molar-refractivity contribution in [1.29, 1.82) is 0 Å². The second-order valence-electron chi connectivity index (χ2n) is 2.46. The van der Waals surface area contributed by atoms with Crippen LogP contribution in [0.1, 0.15) is 12.8 Å². The first-order valence-corrected chi connectivity index (χ1v) is 3.27. The topological polar surface area (TPSA) is 35.2 Å². The Hall–Kier alpha value is -0.340. The van der Waals surface area contributed by atoms with Gasteiger partial charge < -0.3 is 10.5 Å². The van der Waals surface area contributed by atoms with Gasteiger partial charge in [0.05, 0.1) is 6.61 Å². The molecule has 52 valence electrons. The van der Waals surface area contributed by atoms with E-state index in [0.29, 0.717) is 0 Å². The molecule has 9 heavy (non-hydrogen) atoms. The molecule has 1 aliphatic carbocycles. The zero-order chi connectivity index (χ0) is 6.69. The zero-order valence-electron chi connectivity index (χ0n) is 5.76. The van der Waals surface area contributed by atoms with E-state index < -0.39 is 0 Å². The quantitative estimate of drug-likeness (QED) is 0.554. The third kappa shape index (κ3) is 1.80. The molecule has 2 nitrogen and oxygen atoms in total. The van der Waals surface area contributed by atoms with E-state index in [-0.39, 0.29) is 6.04 Å². The fourth-order valence-corrected chi connectivity index (χ4v) is 1.13. The molecule has 0 saturated heterocycles. The molecule has 0 amide bonds. The van der Waals surface area contributed by atoms with Crippen molar-refractivity contribution in [3.8, 4) is 0 Å². The fraction of sp³-hybridized carbons (Fsp3) is 0.714. The van der Waals surface area contributed by atoms with Gasteiger partial charge in [0.25, 0.3) is 0 Å². The maximum atomic E-state index is 5.62. The molecule has 2 heteroatoms. The van der Waals surface area contributed by atoms with Crippen LogP contribution < -0.4 is 5.73 Å². The summed E-state index contributed by atoms with van der Waals surface area (Å²) in [5.74, 6) is 0. The number of nitrogens with two attached hydrogens (primary N) is 1. The minimum Gasteiger partial charge on any atom is -0.380 e. The van der Waals surface area contributed by atoms with Crippen LogP contribution in [0.15, 0.2) is 11.6 Å². The first-order valence-electron chi connectivity index (χ1n) is 3.27. The van der Waals surface area contributed by atoms with Gasteiger partial charge in [0, 0.05) is 13.2 Å². The monoisotopic (exact) mass is 127 g/mol. The molecule has 1 aliphatic rings. The third-order valence-electron chi connectivity index (χ3n) is 1.58.